The van der Waals surface area contributed by atoms with E-state index in [1.54, 1.807) is 36.8 Å². The van der Waals surface area contributed by atoms with E-state index in [4.69, 9.17) is 20.0 Å². The molecule has 0 unspecified atom stereocenters. The van der Waals surface area contributed by atoms with Crippen LogP contribution < -0.4 is 9.47 Å². The van der Waals surface area contributed by atoms with E-state index in [0.717, 1.165) is 33.4 Å². The molecule has 4 heteroatoms. The fourth-order valence-corrected chi connectivity index (χ4v) is 3.46. The quantitative estimate of drug-likeness (QED) is 0.371. The highest BCUT2D eigenvalue weighted by molar-refractivity contribution is 5.94. The zero-order chi connectivity index (χ0) is 20.8. The Labute approximate surface area is 174 Å². The summed E-state index contributed by atoms with van der Waals surface area (Å²) < 4.78 is 9.83. The van der Waals surface area contributed by atoms with Crippen LogP contribution in [0.15, 0.2) is 97.1 Å². The Hall–Kier alpha value is -4.54. The van der Waals surface area contributed by atoms with E-state index in [-0.39, 0.29) is 0 Å². The Bertz CT molecular complexity index is 1230. The smallest absolute Gasteiger partial charge is 0.292 e. The number of rotatable bonds is 5. The second kappa shape index (κ2) is 8.65. The van der Waals surface area contributed by atoms with E-state index in [2.05, 4.69) is 24.3 Å². The largest absolute Gasteiger partial charge is 0.388 e. The molecule has 0 saturated heterocycles. The van der Waals surface area contributed by atoms with Gasteiger partial charge < -0.3 is 9.47 Å². The topological polar surface area (TPSA) is 66.0 Å². The molecule has 0 aliphatic rings. The van der Waals surface area contributed by atoms with Crippen molar-refractivity contribution in [3.63, 3.8) is 0 Å². The predicted octanol–water partition coefficient (Wildman–Crippen LogP) is 6.41. The number of benzene rings is 4. The van der Waals surface area contributed by atoms with Crippen LogP contribution in [0.2, 0.25) is 0 Å². The summed E-state index contributed by atoms with van der Waals surface area (Å²) in [5.41, 5.74) is 6.34. The molecule has 0 radical (unpaired) electrons. The molecule has 0 spiro atoms. The van der Waals surface area contributed by atoms with Crippen LogP contribution in [-0.2, 0) is 0 Å². The Balaban J connectivity index is 1.90. The maximum atomic E-state index is 8.75. The normalized spacial score (nSPS) is 9.93. The molecule has 0 fully saturated rings. The van der Waals surface area contributed by atoms with Crippen LogP contribution >= 0.6 is 0 Å². The van der Waals surface area contributed by atoms with Crippen molar-refractivity contribution in [2.75, 3.05) is 0 Å². The molecule has 0 aliphatic heterocycles. The molecule has 0 amide bonds. The molecule has 0 atom stereocenters. The summed E-state index contributed by atoms with van der Waals surface area (Å²) in [6.07, 6.45) is 3.39. The van der Waals surface area contributed by atoms with Gasteiger partial charge in [0, 0.05) is 0 Å². The zero-order valence-corrected chi connectivity index (χ0v) is 15.9. The summed E-state index contributed by atoms with van der Waals surface area (Å²) in [7, 11) is 0. The number of nitriles is 2. The van der Waals surface area contributed by atoms with Crippen molar-refractivity contribution in [3.05, 3.63) is 97.1 Å². The summed E-state index contributed by atoms with van der Waals surface area (Å²) in [5, 5.41) is 17.5. The lowest BCUT2D eigenvalue weighted by molar-refractivity contribution is 0.507. The summed E-state index contributed by atoms with van der Waals surface area (Å²) >= 11 is 0. The van der Waals surface area contributed by atoms with Crippen LogP contribution in [0.1, 0.15) is 0 Å². The van der Waals surface area contributed by atoms with Crippen molar-refractivity contribution >= 4 is 0 Å². The zero-order valence-electron chi connectivity index (χ0n) is 15.9. The standard InChI is InChI=1S/C26H16N2O2/c27-17-29-22-13-9-20(10-14-22)25-8-4-7-24(19-5-2-1-3-6-19)26(25)21-11-15-23(16-12-21)30-18-28/h1-16H. The second-order valence-corrected chi connectivity index (χ2v) is 6.53. The van der Waals surface area contributed by atoms with Crippen molar-refractivity contribution in [1.29, 1.82) is 10.5 Å². The fraction of sp³-hybridized carbons (Fsp3) is 0. The highest BCUT2D eigenvalue weighted by Gasteiger charge is 2.14. The van der Waals surface area contributed by atoms with E-state index < -0.39 is 0 Å². The molecular weight excluding hydrogens is 372 g/mol. The number of ether oxygens (including phenoxy) is 2. The molecule has 142 valence electrons. The fourth-order valence-electron chi connectivity index (χ4n) is 3.46. The lowest BCUT2D eigenvalue weighted by Crippen LogP contribution is -1.91. The van der Waals surface area contributed by atoms with Crippen LogP contribution in [0.4, 0.5) is 0 Å². The molecular formula is C26H16N2O2. The van der Waals surface area contributed by atoms with Gasteiger partial charge in [-0.05, 0) is 57.6 Å². The van der Waals surface area contributed by atoms with Crippen molar-refractivity contribution in [2.45, 2.75) is 0 Å². The lowest BCUT2D eigenvalue weighted by Gasteiger charge is -2.16. The third kappa shape index (κ3) is 3.85. The van der Waals surface area contributed by atoms with Gasteiger partial charge in [0.15, 0.2) is 0 Å². The second-order valence-electron chi connectivity index (χ2n) is 6.53. The van der Waals surface area contributed by atoms with Crippen molar-refractivity contribution in [3.8, 4) is 57.4 Å². The minimum atomic E-state index is 0.498. The van der Waals surface area contributed by atoms with Crippen LogP contribution in [0.3, 0.4) is 0 Å². The third-order valence-corrected chi connectivity index (χ3v) is 4.78. The van der Waals surface area contributed by atoms with E-state index in [9.17, 15) is 0 Å². The SMILES string of the molecule is N#COc1ccc(-c2cccc(-c3ccccc3)c2-c2ccc(OC#N)cc2)cc1. The van der Waals surface area contributed by atoms with Gasteiger partial charge in [0.2, 0.25) is 0 Å². The molecule has 4 nitrogen and oxygen atoms in total. The molecule has 4 rings (SSSR count). The first-order chi connectivity index (χ1) is 14.8. The van der Waals surface area contributed by atoms with Crippen molar-refractivity contribution in [1.82, 2.24) is 0 Å². The first kappa shape index (κ1) is 18.8. The van der Waals surface area contributed by atoms with Crippen LogP contribution in [-0.4, -0.2) is 0 Å². The van der Waals surface area contributed by atoms with Gasteiger partial charge in [-0.1, -0.05) is 72.8 Å². The van der Waals surface area contributed by atoms with E-state index in [0.29, 0.717) is 11.5 Å². The van der Waals surface area contributed by atoms with Crippen molar-refractivity contribution < 1.29 is 9.47 Å². The maximum absolute atomic E-state index is 8.75. The summed E-state index contributed by atoms with van der Waals surface area (Å²) in [5.74, 6) is 0.998. The van der Waals surface area contributed by atoms with Crippen LogP contribution in [0, 0.1) is 23.0 Å². The minimum absolute atomic E-state index is 0.498. The van der Waals surface area contributed by atoms with E-state index >= 15 is 0 Å². The summed E-state index contributed by atoms with van der Waals surface area (Å²) in [4.78, 5) is 0. The number of nitrogens with zero attached hydrogens (tertiary/aromatic N) is 2. The first-order valence-corrected chi connectivity index (χ1v) is 9.31. The first-order valence-electron chi connectivity index (χ1n) is 9.31. The van der Waals surface area contributed by atoms with Gasteiger partial charge in [0.1, 0.15) is 11.5 Å². The summed E-state index contributed by atoms with van der Waals surface area (Å²) in [6.45, 7) is 0. The van der Waals surface area contributed by atoms with Gasteiger partial charge in [-0.25, -0.2) is 0 Å². The van der Waals surface area contributed by atoms with Crippen molar-refractivity contribution in [2.24, 2.45) is 0 Å². The maximum Gasteiger partial charge on any atom is 0.292 e. The average Bonchev–Trinajstić information content (AvgIpc) is 2.81. The highest BCUT2D eigenvalue weighted by atomic mass is 16.5. The molecule has 0 bridgehead atoms. The molecule has 0 aliphatic carbocycles. The summed E-state index contributed by atoms with van der Waals surface area (Å²) in [6, 6.07) is 31.3. The number of hydrogen-bond acceptors (Lipinski definition) is 4. The Morgan fingerprint density at radius 3 is 1.43 bits per heavy atom. The molecule has 4 aromatic carbocycles. The minimum Gasteiger partial charge on any atom is -0.388 e. The predicted molar refractivity (Wildman–Crippen MR) is 115 cm³/mol. The van der Waals surface area contributed by atoms with Gasteiger partial charge in [-0.2, -0.15) is 0 Å². The lowest BCUT2D eigenvalue weighted by atomic mass is 9.87. The van der Waals surface area contributed by atoms with Gasteiger partial charge in [0.05, 0.1) is 0 Å². The van der Waals surface area contributed by atoms with Gasteiger partial charge in [-0.15, -0.1) is 10.5 Å². The molecule has 0 saturated carbocycles. The Morgan fingerprint density at radius 2 is 0.933 bits per heavy atom. The molecule has 0 aromatic heterocycles. The van der Waals surface area contributed by atoms with Crippen LogP contribution in [0.25, 0.3) is 33.4 Å². The van der Waals surface area contributed by atoms with Gasteiger partial charge in [-0.3, -0.25) is 0 Å². The molecule has 4 aromatic rings. The molecule has 30 heavy (non-hydrogen) atoms. The molecule has 0 N–H and O–H groups in total. The Morgan fingerprint density at radius 1 is 0.467 bits per heavy atom. The highest BCUT2D eigenvalue weighted by Crippen LogP contribution is 2.40. The number of hydrogen-bond donors (Lipinski definition) is 0. The van der Waals surface area contributed by atoms with E-state index in [1.807, 2.05) is 48.5 Å². The monoisotopic (exact) mass is 388 g/mol. The average molecular weight is 388 g/mol. The third-order valence-electron chi connectivity index (χ3n) is 4.78. The molecule has 0 heterocycles. The van der Waals surface area contributed by atoms with Crippen LogP contribution in [0.5, 0.6) is 11.5 Å². The Kier molecular flexibility index (Phi) is 5.42. The van der Waals surface area contributed by atoms with Gasteiger partial charge >= 0.3 is 0 Å². The van der Waals surface area contributed by atoms with E-state index in [1.165, 1.54) is 0 Å². The van der Waals surface area contributed by atoms with Gasteiger partial charge in [0.25, 0.3) is 12.5 Å².